The Bertz CT molecular complexity index is 460. The van der Waals surface area contributed by atoms with Gasteiger partial charge in [-0.3, -0.25) is 0 Å². The quantitative estimate of drug-likeness (QED) is 0.625. The van der Waals surface area contributed by atoms with Crippen LogP contribution < -0.4 is 4.90 Å². The van der Waals surface area contributed by atoms with Crippen molar-refractivity contribution in [3.8, 4) is 0 Å². The number of halogens is 1. The van der Waals surface area contributed by atoms with Crippen LogP contribution in [0, 0.1) is 5.82 Å². The molecule has 0 aromatic heterocycles. The number of rotatable bonds is 0. The van der Waals surface area contributed by atoms with E-state index in [0.717, 1.165) is 18.5 Å². The van der Waals surface area contributed by atoms with Crippen LogP contribution >= 0.6 is 0 Å². The third-order valence-corrected chi connectivity index (χ3v) is 3.54. The fourth-order valence-corrected chi connectivity index (χ4v) is 2.79. The Balaban J connectivity index is 2.26. The third-order valence-electron chi connectivity index (χ3n) is 3.54. The first-order valence-corrected chi connectivity index (χ1v) is 5.39. The van der Waals surface area contributed by atoms with Gasteiger partial charge in [0, 0.05) is 23.3 Å². The van der Waals surface area contributed by atoms with Crippen LogP contribution in [0.5, 0.6) is 0 Å². The summed E-state index contributed by atoms with van der Waals surface area (Å²) in [6.07, 6.45) is 3.38. The van der Waals surface area contributed by atoms with E-state index in [-0.39, 0.29) is 11.2 Å². The van der Waals surface area contributed by atoms with E-state index in [2.05, 4.69) is 24.8 Å². The molecule has 2 heterocycles. The molecule has 0 bridgehead atoms. The minimum Gasteiger partial charge on any atom is -0.344 e. The molecule has 0 N–H and O–H groups in total. The number of allylic oxidation sites excluding steroid dienone is 1. The van der Waals surface area contributed by atoms with Gasteiger partial charge in [0.1, 0.15) is 5.82 Å². The molecule has 0 atom stereocenters. The maximum atomic E-state index is 13.2. The number of benzene rings is 1. The van der Waals surface area contributed by atoms with Crippen LogP contribution in [-0.2, 0) is 5.41 Å². The van der Waals surface area contributed by atoms with Crippen LogP contribution in [0.25, 0.3) is 0 Å². The van der Waals surface area contributed by atoms with Crippen LogP contribution in [0.4, 0.5) is 10.1 Å². The average Bonchev–Trinajstić information content (AvgIpc) is 2.72. The predicted molar refractivity (Wildman–Crippen MR) is 59.5 cm³/mol. The monoisotopic (exact) mass is 203 g/mol. The summed E-state index contributed by atoms with van der Waals surface area (Å²) in [6.45, 7) is 5.38. The third kappa shape index (κ3) is 1.02. The molecule has 1 aromatic rings. The summed E-state index contributed by atoms with van der Waals surface area (Å²) < 4.78 is 13.2. The molecule has 1 nitrogen and oxygen atoms in total. The summed E-state index contributed by atoms with van der Waals surface area (Å²) in [7, 11) is 0. The Morgan fingerprint density at radius 1 is 1.33 bits per heavy atom. The van der Waals surface area contributed by atoms with E-state index < -0.39 is 0 Å². The molecule has 0 amide bonds. The predicted octanol–water partition coefficient (Wildman–Crippen LogP) is 3.21. The summed E-state index contributed by atoms with van der Waals surface area (Å²) in [5.41, 5.74) is 3.61. The standard InChI is InChI=1S/C13H14FN/c1-13(2)10-8-9(14)5-6-11(10)15-7-3-4-12(13)15/h4-6,8H,3,7H2,1-2H3. The maximum absolute atomic E-state index is 13.2. The fourth-order valence-electron chi connectivity index (χ4n) is 2.79. The van der Waals surface area contributed by atoms with Crippen molar-refractivity contribution in [3.05, 3.63) is 41.4 Å². The van der Waals surface area contributed by atoms with E-state index in [9.17, 15) is 4.39 Å². The van der Waals surface area contributed by atoms with E-state index >= 15 is 0 Å². The van der Waals surface area contributed by atoms with Gasteiger partial charge in [-0.15, -0.1) is 0 Å². The second kappa shape index (κ2) is 2.63. The summed E-state index contributed by atoms with van der Waals surface area (Å²) in [5, 5.41) is 0. The summed E-state index contributed by atoms with van der Waals surface area (Å²) in [4.78, 5) is 2.31. The average molecular weight is 203 g/mol. The Morgan fingerprint density at radius 2 is 2.13 bits per heavy atom. The molecule has 0 fully saturated rings. The van der Waals surface area contributed by atoms with Crippen LogP contribution in [-0.4, -0.2) is 6.54 Å². The molecule has 15 heavy (non-hydrogen) atoms. The Hall–Kier alpha value is -1.31. The van der Waals surface area contributed by atoms with Gasteiger partial charge in [-0.1, -0.05) is 19.9 Å². The van der Waals surface area contributed by atoms with Crippen molar-refractivity contribution in [2.75, 3.05) is 11.4 Å². The van der Waals surface area contributed by atoms with Crippen molar-refractivity contribution >= 4 is 5.69 Å². The number of nitrogens with zero attached hydrogens (tertiary/aromatic N) is 1. The zero-order chi connectivity index (χ0) is 10.6. The molecular weight excluding hydrogens is 189 g/mol. The van der Waals surface area contributed by atoms with Gasteiger partial charge >= 0.3 is 0 Å². The van der Waals surface area contributed by atoms with Crippen molar-refractivity contribution in [2.24, 2.45) is 0 Å². The normalized spacial score (nSPS) is 21.3. The number of anilines is 1. The molecule has 0 spiro atoms. The molecule has 1 aromatic carbocycles. The molecule has 0 unspecified atom stereocenters. The van der Waals surface area contributed by atoms with E-state index in [0.29, 0.717) is 0 Å². The topological polar surface area (TPSA) is 3.24 Å². The summed E-state index contributed by atoms with van der Waals surface area (Å²) in [5.74, 6) is -0.136. The first-order chi connectivity index (χ1) is 7.10. The Morgan fingerprint density at radius 3 is 2.93 bits per heavy atom. The van der Waals surface area contributed by atoms with Gasteiger partial charge in [-0.2, -0.15) is 0 Å². The van der Waals surface area contributed by atoms with E-state index in [4.69, 9.17) is 0 Å². The van der Waals surface area contributed by atoms with Gasteiger partial charge in [0.2, 0.25) is 0 Å². The number of fused-ring (bicyclic) bond motifs is 3. The second-order valence-electron chi connectivity index (χ2n) is 4.82. The zero-order valence-corrected chi connectivity index (χ0v) is 9.05. The first-order valence-electron chi connectivity index (χ1n) is 5.39. The Kier molecular flexibility index (Phi) is 1.57. The zero-order valence-electron chi connectivity index (χ0n) is 9.05. The van der Waals surface area contributed by atoms with Gasteiger partial charge in [0.25, 0.3) is 0 Å². The highest BCUT2D eigenvalue weighted by Crippen LogP contribution is 2.49. The minimum absolute atomic E-state index is 0.0338. The lowest BCUT2D eigenvalue weighted by molar-refractivity contribution is 0.607. The van der Waals surface area contributed by atoms with Crippen molar-refractivity contribution in [1.29, 1.82) is 0 Å². The highest BCUT2D eigenvalue weighted by molar-refractivity contribution is 5.71. The van der Waals surface area contributed by atoms with Crippen LogP contribution in [0.1, 0.15) is 25.8 Å². The van der Waals surface area contributed by atoms with Crippen LogP contribution in [0.3, 0.4) is 0 Å². The van der Waals surface area contributed by atoms with Crippen molar-refractivity contribution < 1.29 is 4.39 Å². The molecule has 0 aliphatic carbocycles. The van der Waals surface area contributed by atoms with E-state index in [1.165, 1.54) is 11.4 Å². The SMILES string of the molecule is CC1(C)C2=CCCN2c2ccc(F)cc21. The Labute approximate surface area is 89.2 Å². The minimum atomic E-state index is -0.136. The van der Waals surface area contributed by atoms with Gasteiger partial charge < -0.3 is 4.90 Å². The highest BCUT2D eigenvalue weighted by Gasteiger charge is 2.41. The molecule has 2 aliphatic heterocycles. The summed E-state index contributed by atoms with van der Waals surface area (Å²) in [6, 6.07) is 5.13. The largest absolute Gasteiger partial charge is 0.344 e. The van der Waals surface area contributed by atoms with Crippen LogP contribution in [0.2, 0.25) is 0 Å². The molecule has 0 saturated heterocycles. The van der Waals surface area contributed by atoms with Crippen LogP contribution in [0.15, 0.2) is 30.0 Å². The molecule has 2 heteroatoms. The first kappa shape index (κ1) is 8.96. The molecule has 0 radical (unpaired) electrons. The number of hydrogen-bond acceptors (Lipinski definition) is 1. The van der Waals surface area contributed by atoms with Crippen molar-refractivity contribution in [1.82, 2.24) is 0 Å². The van der Waals surface area contributed by atoms with Crippen molar-refractivity contribution in [3.63, 3.8) is 0 Å². The van der Waals surface area contributed by atoms with Crippen molar-refractivity contribution in [2.45, 2.75) is 25.7 Å². The van der Waals surface area contributed by atoms with E-state index in [1.54, 1.807) is 12.1 Å². The molecule has 0 saturated carbocycles. The van der Waals surface area contributed by atoms with Gasteiger partial charge in [0.15, 0.2) is 0 Å². The second-order valence-corrected chi connectivity index (χ2v) is 4.82. The smallest absolute Gasteiger partial charge is 0.123 e. The lowest BCUT2D eigenvalue weighted by Crippen LogP contribution is -2.22. The molecule has 3 rings (SSSR count). The lowest BCUT2D eigenvalue weighted by Gasteiger charge is -2.22. The van der Waals surface area contributed by atoms with E-state index in [1.807, 2.05) is 6.07 Å². The lowest BCUT2D eigenvalue weighted by atomic mass is 9.84. The highest BCUT2D eigenvalue weighted by atomic mass is 19.1. The van der Waals surface area contributed by atoms with Gasteiger partial charge in [-0.25, -0.2) is 4.39 Å². The molecule has 78 valence electrons. The fraction of sp³-hybridized carbons (Fsp3) is 0.385. The number of hydrogen-bond donors (Lipinski definition) is 0. The van der Waals surface area contributed by atoms with Gasteiger partial charge in [0.05, 0.1) is 0 Å². The molecule has 2 aliphatic rings. The van der Waals surface area contributed by atoms with Gasteiger partial charge in [-0.05, 0) is 30.2 Å². The maximum Gasteiger partial charge on any atom is 0.123 e. The molecular formula is C13H14FN. The summed E-state index contributed by atoms with van der Waals surface area (Å²) >= 11 is 0.